The monoisotopic (exact) mass is 411 g/mol. The van der Waals surface area contributed by atoms with Crippen molar-refractivity contribution in [2.45, 2.75) is 25.1 Å². The first-order valence-corrected chi connectivity index (χ1v) is 9.48. The van der Waals surface area contributed by atoms with E-state index >= 15 is 0 Å². The second-order valence-corrected chi connectivity index (χ2v) is 7.61. The summed E-state index contributed by atoms with van der Waals surface area (Å²) in [7, 11) is -1.62. The number of hydrogen-bond acceptors (Lipinski definition) is 3. The minimum atomic E-state index is -4.63. The van der Waals surface area contributed by atoms with E-state index in [-0.39, 0.29) is 17.5 Å². The van der Waals surface area contributed by atoms with E-state index in [0.717, 1.165) is 6.07 Å². The summed E-state index contributed by atoms with van der Waals surface area (Å²) in [6, 6.07) is 7.93. The topological polar surface area (TPSA) is 55.4 Å². The highest BCUT2D eigenvalue weighted by Gasteiger charge is 2.38. The standard InChI is InChI=1S/C19H13F4NO3S/c20-11-7-14-13(15(8-11)19(21,22)23)5-6-16(14)27-12-3-1-10(2-4-12)17-9-18(25)24-28(17)26/h1-4,7-9,16H,5-6H2,(H,24,25)/t16-,28?/m1/s1. The fraction of sp³-hybridized carbons (Fsp3) is 0.211. The number of rotatable bonds is 3. The Kier molecular flexibility index (Phi) is 4.49. The van der Waals surface area contributed by atoms with Gasteiger partial charge in [0, 0.05) is 6.08 Å². The number of hydrogen-bond donors (Lipinski definition) is 1. The van der Waals surface area contributed by atoms with Gasteiger partial charge < -0.3 is 4.74 Å². The Bertz CT molecular complexity index is 1020. The van der Waals surface area contributed by atoms with Gasteiger partial charge in [-0.15, -0.1) is 0 Å². The van der Waals surface area contributed by atoms with Gasteiger partial charge in [0.2, 0.25) is 0 Å². The first-order chi connectivity index (χ1) is 13.2. The number of carbonyl (C=O) groups is 1. The first-order valence-electron chi connectivity index (χ1n) is 8.33. The lowest BCUT2D eigenvalue weighted by molar-refractivity contribution is -0.138. The zero-order chi connectivity index (χ0) is 20.1. The molecular formula is C19H13F4NO3S. The van der Waals surface area contributed by atoms with Crippen molar-refractivity contribution in [2.24, 2.45) is 0 Å². The minimum Gasteiger partial charge on any atom is -0.486 e. The van der Waals surface area contributed by atoms with E-state index in [1.54, 1.807) is 24.3 Å². The van der Waals surface area contributed by atoms with Crippen molar-refractivity contribution in [3.8, 4) is 5.75 Å². The van der Waals surface area contributed by atoms with Gasteiger partial charge >= 0.3 is 6.18 Å². The van der Waals surface area contributed by atoms with E-state index in [0.29, 0.717) is 28.7 Å². The molecule has 0 radical (unpaired) electrons. The van der Waals surface area contributed by atoms with E-state index < -0.39 is 40.6 Å². The summed E-state index contributed by atoms with van der Waals surface area (Å²) in [4.78, 5) is 11.6. The van der Waals surface area contributed by atoms with Crippen LogP contribution in [-0.4, -0.2) is 10.1 Å². The van der Waals surface area contributed by atoms with Crippen LogP contribution in [0.5, 0.6) is 5.75 Å². The van der Waals surface area contributed by atoms with Crippen molar-refractivity contribution >= 4 is 21.8 Å². The number of alkyl halides is 3. The highest BCUT2D eigenvalue weighted by Crippen LogP contribution is 2.42. The third-order valence-corrected chi connectivity index (χ3v) is 5.77. The van der Waals surface area contributed by atoms with Crippen LogP contribution in [0.1, 0.15) is 34.8 Å². The largest absolute Gasteiger partial charge is 0.486 e. The van der Waals surface area contributed by atoms with Gasteiger partial charge in [0.05, 0.1) is 10.5 Å². The molecule has 2 atom stereocenters. The maximum Gasteiger partial charge on any atom is 0.416 e. The third-order valence-electron chi connectivity index (χ3n) is 4.63. The Morgan fingerprint density at radius 2 is 1.86 bits per heavy atom. The molecule has 2 aromatic carbocycles. The maximum absolute atomic E-state index is 13.7. The molecular weight excluding hydrogens is 398 g/mol. The summed E-state index contributed by atoms with van der Waals surface area (Å²) in [5.74, 6) is -1.02. The van der Waals surface area contributed by atoms with Crippen LogP contribution in [0.15, 0.2) is 42.5 Å². The molecule has 1 aliphatic carbocycles. The molecule has 1 heterocycles. The molecule has 4 nitrogen and oxygen atoms in total. The molecule has 0 fully saturated rings. The Morgan fingerprint density at radius 3 is 2.46 bits per heavy atom. The summed E-state index contributed by atoms with van der Waals surface area (Å²) in [6.07, 6.45) is -3.63. The quantitative estimate of drug-likeness (QED) is 0.776. The molecule has 28 heavy (non-hydrogen) atoms. The van der Waals surface area contributed by atoms with E-state index in [1.165, 1.54) is 6.08 Å². The third kappa shape index (κ3) is 3.42. The van der Waals surface area contributed by atoms with Crippen LogP contribution >= 0.6 is 0 Å². The summed E-state index contributed by atoms with van der Waals surface area (Å²) in [5.41, 5.74) is -0.143. The van der Waals surface area contributed by atoms with Crippen LogP contribution in [0.2, 0.25) is 0 Å². The van der Waals surface area contributed by atoms with Gasteiger partial charge in [0.15, 0.2) is 11.0 Å². The fourth-order valence-electron chi connectivity index (χ4n) is 3.43. The lowest BCUT2D eigenvalue weighted by Crippen LogP contribution is -2.16. The second kappa shape index (κ2) is 6.73. The average molecular weight is 411 g/mol. The highest BCUT2D eigenvalue weighted by atomic mass is 32.2. The molecule has 0 saturated heterocycles. The Hall–Kier alpha value is -2.68. The summed E-state index contributed by atoms with van der Waals surface area (Å²) < 4.78 is 73.0. The van der Waals surface area contributed by atoms with Crippen LogP contribution in [0.25, 0.3) is 4.91 Å². The van der Waals surface area contributed by atoms with Crippen LogP contribution in [-0.2, 0) is 28.4 Å². The predicted molar refractivity (Wildman–Crippen MR) is 93.8 cm³/mol. The van der Waals surface area contributed by atoms with Crippen LogP contribution < -0.4 is 9.46 Å². The van der Waals surface area contributed by atoms with Crippen molar-refractivity contribution in [3.63, 3.8) is 0 Å². The second-order valence-electron chi connectivity index (χ2n) is 6.43. The van der Waals surface area contributed by atoms with Crippen molar-refractivity contribution < 1.29 is 31.3 Å². The highest BCUT2D eigenvalue weighted by molar-refractivity contribution is 7.93. The maximum atomic E-state index is 13.7. The molecule has 0 aromatic heterocycles. The number of carbonyl (C=O) groups excluding carboxylic acids is 1. The smallest absolute Gasteiger partial charge is 0.416 e. The zero-order valence-corrected chi connectivity index (χ0v) is 15.0. The molecule has 146 valence electrons. The molecule has 1 unspecified atom stereocenters. The molecule has 2 aliphatic rings. The Morgan fingerprint density at radius 1 is 1.14 bits per heavy atom. The van der Waals surface area contributed by atoms with Gasteiger partial charge in [0.25, 0.3) is 5.91 Å². The molecule has 0 bridgehead atoms. The van der Waals surface area contributed by atoms with Gasteiger partial charge in [0.1, 0.15) is 17.7 Å². The average Bonchev–Trinajstić information content (AvgIpc) is 3.17. The molecule has 1 N–H and O–H groups in total. The SMILES string of the molecule is O=C1C=C(c2ccc(O[C@@H]3CCc4c3cc(F)cc4C(F)(F)F)cc2)S(=O)N1. The number of nitrogens with one attached hydrogen (secondary N) is 1. The van der Waals surface area contributed by atoms with Gasteiger partial charge in [-0.1, -0.05) is 12.1 Å². The minimum absolute atomic E-state index is 0.0617. The summed E-state index contributed by atoms with van der Waals surface area (Å²) in [6.45, 7) is 0. The number of halogens is 4. The summed E-state index contributed by atoms with van der Waals surface area (Å²) in [5, 5.41) is 0. The van der Waals surface area contributed by atoms with Crippen LogP contribution in [0.3, 0.4) is 0 Å². The molecule has 2 aromatic rings. The van der Waals surface area contributed by atoms with E-state index in [4.69, 9.17) is 4.74 Å². The lowest BCUT2D eigenvalue weighted by Gasteiger charge is -2.17. The lowest BCUT2D eigenvalue weighted by atomic mass is 10.0. The van der Waals surface area contributed by atoms with Crippen molar-refractivity contribution in [3.05, 3.63) is 70.5 Å². The van der Waals surface area contributed by atoms with E-state index in [2.05, 4.69) is 4.72 Å². The first kappa shape index (κ1) is 18.7. The zero-order valence-electron chi connectivity index (χ0n) is 14.2. The number of benzene rings is 2. The molecule has 1 aliphatic heterocycles. The summed E-state index contributed by atoms with van der Waals surface area (Å²) >= 11 is 0. The van der Waals surface area contributed by atoms with Gasteiger partial charge in [-0.3, -0.25) is 9.52 Å². The van der Waals surface area contributed by atoms with Gasteiger partial charge in [-0.25, -0.2) is 8.60 Å². The molecule has 0 spiro atoms. The van der Waals surface area contributed by atoms with Crippen LogP contribution in [0.4, 0.5) is 17.6 Å². The van der Waals surface area contributed by atoms with E-state index in [1.807, 2.05) is 0 Å². The van der Waals surface area contributed by atoms with Crippen molar-refractivity contribution in [1.29, 1.82) is 0 Å². The Labute approximate surface area is 159 Å². The molecule has 4 rings (SSSR count). The predicted octanol–water partition coefficient (Wildman–Crippen LogP) is 4.05. The molecule has 1 amide bonds. The van der Waals surface area contributed by atoms with Gasteiger partial charge in [-0.05, 0) is 53.8 Å². The molecule has 9 heteroatoms. The van der Waals surface area contributed by atoms with Crippen LogP contribution in [0, 0.1) is 5.82 Å². The fourth-order valence-corrected chi connectivity index (χ4v) is 4.35. The number of fused-ring (bicyclic) bond motifs is 1. The van der Waals surface area contributed by atoms with Crippen molar-refractivity contribution in [2.75, 3.05) is 0 Å². The normalized spacial score (nSPS) is 21.3. The van der Waals surface area contributed by atoms with Crippen molar-refractivity contribution in [1.82, 2.24) is 4.72 Å². The number of amides is 1. The van der Waals surface area contributed by atoms with Gasteiger partial charge in [-0.2, -0.15) is 13.2 Å². The van der Waals surface area contributed by atoms with E-state index in [9.17, 15) is 26.6 Å². The number of ether oxygens (including phenoxy) is 1. The Balaban J connectivity index is 1.58. The molecule has 0 saturated carbocycles.